The number of allylic oxidation sites excluding steroid dienone is 1. The second-order valence-corrected chi connectivity index (χ2v) is 6.52. The number of aryl methyl sites for hydroxylation is 1. The molecule has 25 heavy (non-hydrogen) atoms. The molecule has 0 atom stereocenters. The molecule has 0 fully saturated rings. The number of hydrazine groups is 2. The molecule has 0 bridgehead atoms. The molecular weight excluding hydrogens is 312 g/mol. The van der Waals surface area contributed by atoms with E-state index in [-0.39, 0.29) is 0 Å². The van der Waals surface area contributed by atoms with Gasteiger partial charge in [0.05, 0.1) is 23.3 Å². The van der Waals surface area contributed by atoms with Gasteiger partial charge in [-0.25, -0.2) is 0 Å². The number of hydrogen-bond acceptors (Lipinski definition) is 6. The number of nitrogens with zero attached hydrogens (tertiary/aromatic N) is 2. The number of rotatable bonds is 5. The lowest BCUT2D eigenvalue weighted by atomic mass is 10.0. The third-order valence-electron chi connectivity index (χ3n) is 4.03. The van der Waals surface area contributed by atoms with Crippen LogP contribution in [0.3, 0.4) is 0 Å². The summed E-state index contributed by atoms with van der Waals surface area (Å²) in [6.45, 7) is 2.90. The molecule has 0 spiro atoms. The maximum absolute atomic E-state index is 8.45. The fourth-order valence-electron chi connectivity index (χ4n) is 2.74. The van der Waals surface area contributed by atoms with Gasteiger partial charge in [-0.2, -0.15) is 0 Å². The van der Waals surface area contributed by atoms with Crippen LogP contribution in [0.5, 0.6) is 0 Å². The van der Waals surface area contributed by atoms with Gasteiger partial charge in [0, 0.05) is 17.8 Å². The summed E-state index contributed by atoms with van der Waals surface area (Å²) >= 11 is 0. The molecule has 0 aliphatic carbocycles. The van der Waals surface area contributed by atoms with Crippen molar-refractivity contribution in [1.29, 1.82) is 5.41 Å². The predicted octanol–water partition coefficient (Wildman–Crippen LogP) is 2.38. The van der Waals surface area contributed by atoms with Crippen molar-refractivity contribution in [3.63, 3.8) is 0 Å². The van der Waals surface area contributed by atoms with Crippen LogP contribution in [0.2, 0.25) is 0 Å². The molecular formula is C19H24N6. The van der Waals surface area contributed by atoms with Gasteiger partial charge in [0.15, 0.2) is 0 Å². The van der Waals surface area contributed by atoms with Crippen molar-refractivity contribution in [2.24, 2.45) is 0 Å². The van der Waals surface area contributed by atoms with Crippen LogP contribution in [0, 0.1) is 12.3 Å². The number of benzene rings is 2. The minimum atomic E-state index is 0.362. The highest BCUT2D eigenvalue weighted by atomic mass is 15.7. The molecule has 0 saturated heterocycles. The lowest BCUT2D eigenvalue weighted by Crippen LogP contribution is -2.37. The van der Waals surface area contributed by atoms with Crippen LogP contribution >= 0.6 is 0 Å². The monoisotopic (exact) mass is 336 g/mol. The molecule has 1 aliphatic rings. The Morgan fingerprint density at radius 2 is 1.88 bits per heavy atom. The van der Waals surface area contributed by atoms with Crippen LogP contribution in [-0.4, -0.2) is 24.7 Å². The number of anilines is 2. The van der Waals surface area contributed by atoms with E-state index in [1.807, 2.05) is 36.3 Å². The third-order valence-corrected chi connectivity index (χ3v) is 4.03. The van der Waals surface area contributed by atoms with Crippen molar-refractivity contribution in [3.05, 3.63) is 71.1 Å². The maximum Gasteiger partial charge on any atom is 0.0941 e. The van der Waals surface area contributed by atoms with Crippen molar-refractivity contribution >= 4 is 17.1 Å². The van der Waals surface area contributed by atoms with E-state index >= 15 is 0 Å². The molecule has 6 nitrogen and oxygen atoms in total. The molecule has 1 heterocycles. The van der Waals surface area contributed by atoms with Crippen LogP contribution in [0.15, 0.2) is 54.4 Å². The number of nitrogen functional groups attached to an aromatic ring is 1. The molecule has 0 saturated carbocycles. The van der Waals surface area contributed by atoms with Gasteiger partial charge in [-0.3, -0.25) is 15.8 Å². The molecule has 2 aromatic carbocycles. The van der Waals surface area contributed by atoms with Gasteiger partial charge in [0.1, 0.15) is 0 Å². The van der Waals surface area contributed by atoms with Gasteiger partial charge in [0.2, 0.25) is 0 Å². The van der Waals surface area contributed by atoms with Crippen molar-refractivity contribution in [2.75, 3.05) is 24.8 Å². The first-order chi connectivity index (χ1) is 11.9. The highest BCUT2D eigenvalue weighted by molar-refractivity contribution is 6.13. The fraction of sp³-hybridized carbons (Fsp3) is 0.211. The Morgan fingerprint density at radius 3 is 2.56 bits per heavy atom. The lowest BCUT2D eigenvalue weighted by molar-refractivity contribution is 0.402. The molecule has 0 aromatic heterocycles. The first-order valence-corrected chi connectivity index (χ1v) is 8.16. The van der Waals surface area contributed by atoms with Crippen LogP contribution in [-0.2, 0) is 6.54 Å². The van der Waals surface area contributed by atoms with E-state index < -0.39 is 0 Å². The Bertz CT molecular complexity index is 807. The Kier molecular flexibility index (Phi) is 4.74. The zero-order chi connectivity index (χ0) is 18.0. The first kappa shape index (κ1) is 17.0. The smallest absolute Gasteiger partial charge is 0.0941 e. The summed E-state index contributed by atoms with van der Waals surface area (Å²) < 4.78 is 0. The molecule has 3 rings (SSSR count). The van der Waals surface area contributed by atoms with Gasteiger partial charge in [-0.15, -0.1) is 5.53 Å². The summed E-state index contributed by atoms with van der Waals surface area (Å²) in [7, 11) is 4.11. The zero-order valence-corrected chi connectivity index (χ0v) is 14.8. The quantitative estimate of drug-likeness (QED) is 0.498. The summed E-state index contributed by atoms with van der Waals surface area (Å²) in [5.74, 6) is 0. The standard InChI is InChI=1S/C19H24N6/c1-13-4-9-17(20)16(10-13)19(21)18-12-25(23-22-18)15-7-5-14(6-8-15)11-24(2)3/h4-10,12,21-23H,11,20H2,1-3H3. The average molecular weight is 336 g/mol. The van der Waals surface area contributed by atoms with Crippen molar-refractivity contribution < 1.29 is 0 Å². The van der Waals surface area contributed by atoms with Crippen molar-refractivity contribution in [3.8, 4) is 0 Å². The first-order valence-electron chi connectivity index (χ1n) is 8.16. The Labute approximate surface area is 148 Å². The van der Waals surface area contributed by atoms with Crippen LogP contribution in [0.25, 0.3) is 0 Å². The molecule has 0 amide bonds. The Hall–Kier alpha value is -2.83. The highest BCUT2D eigenvalue weighted by Crippen LogP contribution is 2.21. The van der Waals surface area contributed by atoms with Crippen LogP contribution < -0.4 is 21.7 Å². The highest BCUT2D eigenvalue weighted by Gasteiger charge is 2.19. The summed E-state index contributed by atoms with van der Waals surface area (Å²) in [5.41, 5.74) is 17.8. The van der Waals surface area contributed by atoms with E-state index in [0.717, 1.165) is 23.4 Å². The average Bonchev–Trinajstić information content (AvgIpc) is 3.06. The number of nitrogens with two attached hydrogens (primary N) is 1. The van der Waals surface area contributed by atoms with Gasteiger partial charge < -0.3 is 10.6 Å². The predicted molar refractivity (Wildman–Crippen MR) is 103 cm³/mol. The van der Waals surface area contributed by atoms with Crippen molar-refractivity contribution in [1.82, 2.24) is 15.9 Å². The molecule has 6 heteroatoms. The van der Waals surface area contributed by atoms with Gasteiger partial charge >= 0.3 is 0 Å². The van der Waals surface area contributed by atoms with E-state index in [2.05, 4.69) is 54.2 Å². The van der Waals surface area contributed by atoms with Gasteiger partial charge in [0.25, 0.3) is 0 Å². The molecule has 2 aromatic rings. The molecule has 5 N–H and O–H groups in total. The van der Waals surface area contributed by atoms with E-state index in [9.17, 15) is 0 Å². The summed E-state index contributed by atoms with van der Waals surface area (Å²) in [6, 6.07) is 14.0. The number of nitrogens with one attached hydrogen (secondary N) is 3. The Balaban J connectivity index is 1.78. The molecule has 1 aliphatic heterocycles. The largest absolute Gasteiger partial charge is 0.398 e. The van der Waals surface area contributed by atoms with Crippen molar-refractivity contribution in [2.45, 2.75) is 13.5 Å². The van der Waals surface area contributed by atoms with Crippen LogP contribution in [0.4, 0.5) is 11.4 Å². The van der Waals surface area contributed by atoms with Gasteiger partial charge in [-0.1, -0.05) is 23.8 Å². The molecule has 130 valence electrons. The molecule has 0 radical (unpaired) electrons. The summed E-state index contributed by atoms with van der Waals surface area (Å²) in [4.78, 5) is 2.14. The third kappa shape index (κ3) is 3.81. The summed E-state index contributed by atoms with van der Waals surface area (Å²) in [6.07, 6.45) is 1.87. The van der Waals surface area contributed by atoms with E-state index in [0.29, 0.717) is 17.1 Å². The minimum absolute atomic E-state index is 0.362. The lowest BCUT2D eigenvalue weighted by Gasteiger charge is -2.16. The minimum Gasteiger partial charge on any atom is -0.398 e. The second kappa shape index (κ2) is 6.96. The summed E-state index contributed by atoms with van der Waals surface area (Å²) in [5, 5.41) is 10.3. The maximum atomic E-state index is 8.45. The Morgan fingerprint density at radius 1 is 1.16 bits per heavy atom. The topological polar surface area (TPSA) is 80.4 Å². The molecule has 0 unspecified atom stereocenters. The van der Waals surface area contributed by atoms with E-state index in [4.69, 9.17) is 11.1 Å². The van der Waals surface area contributed by atoms with Gasteiger partial charge in [-0.05, 0) is 50.8 Å². The fourth-order valence-corrected chi connectivity index (χ4v) is 2.74. The van der Waals surface area contributed by atoms with Crippen LogP contribution in [0.1, 0.15) is 16.7 Å². The second-order valence-electron chi connectivity index (χ2n) is 6.52. The normalized spacial score (nSPS) is 13.8. The number of hydrogen-bond donors (Lipinski definition) is 4. The van der Waals surface area contributed by atoms with E-state index in [1.165, 1.54) is 5.56 Å². The zero-order valence-electron chi connectivity index (χ0n) is 14.8. The van der Waals surface area contributed by atoms with E-state index in [1.54, 1.807) is 0 Å². The SMILES string of the molecule is Cc1ccc(N)c(C(=N)C2=CN(c3ccc(CN(C)C)cc3)NN2)c1.